The molecule has 0 amide bonds. The average molecular weight is 407 g/mol. The van der Waals surface area contributed by atoms with E-state index in [2.05, 4.69) is 22.1 Å². The Bertz CT molecular complexity index is 1030. The number of aromatic nitrogens is 1. The highest BCUT2D eigenvalue weighted by Gasteiger charge is 2.41. The van der Waals surface area contributed by atoms with Gasteiger partial charge >= 0.3 is 5.97 Å². The third-order valence-electron chi connectivity index (χ3n) is 5.00. The average Bonchev–Trinajstić information content (AvgIpc) is 3.34. The first kappa shape index (κ1) is 19.1. The maximum atomic E-state index is 11.6. The SMILES string of the molecule is CCCN1C(=S)N[C@@H](c2ccccn2)[C@H]1c1ccc(-c2ccccc2C(=O)O)o1. The lowest BCUT2D eigenvalue weighted by Gasteiger charge is -2.25. The lowest BCUT2D eigenvalue weighted by Crippen LogP contribution is -2.30. The Hall–Kier alpha value is -3.19. The van der Waals surface area contributed by atoms with E-state index in [1.165, 1.54) is 0 Å². The second kappa shape index (κ2) is 8.05. The Kier molecular flexibility index (Phi) is 5.31. The third kappa shape index (κ3) is 3.61. The van der Waals surface area contributed by atoms with Gasteiger partial charge in [-0.15, -0.1) is 0 Å². The van der Waals surface area contributed by atoms with Gasteiger partial charge in [0.15, 0.2) is 5.11 Å². The molecule has 1 aliphatic heterocycles. The summed E-state index contributed by atoms with van der Waals surface area (Å²) in [4.78, 5) is 18.2. The Balaban J connectivity index is 1.75. The Labute approximate surface area is 174 Å². The van der Waals surface area contributed by atoms with Gasteiger partial charge in [-0.25, -0.2) is 4.79 Å². The number of carboxylic acid groups (broad SMARTS) is 1. The Morgan fingerprint density at radius 3 is 2.72 bits per heavy atom. The van der Waals surface area contributed by atoms with E-state index < -0.39 is 5.97 Å². The van der Waals surface area contributed by atoms with Crippen LogP contribution in [0.3, 0.4) is 0 Å². The number of nitrogens with zero attached hydrogens (tertiary/aromatic N) is 2. The van der Waals surface area contributed by atoms with Crippen LogP contribution >= 0.6 is 12.2 Å². The third-order valence-corrected chi connectivity index (χ3v) is 5.36. The van der Waals surface area contributed by atoms with E-state index in [1.807, 2.05) is 30.3 Å². The maximum absolute atomic E-state index is 11.6. The van der Waals surface area contributed by atoms with Crippen LogP contribution in [0.1, 0.15) is 47.2 Å². The van der Waals surface area contributed by atoms with Crippen LogP contribution < -0.4 is 5.32 Å². The van der Waals surface area contributed by atoms with Gasteiger partial charge in [0.2, 0.25) is 0 Å². The van der Waals surface area contributed by atoms with Gasteiger partial charge in [0, 0.05) is 18.3 Å². The summed E-state index contributed by atoms with van der Waals surface area (Å²) in [5.41, 5.74) is 1.64. The number of carboxylic acids is 1. The topological polar surface area (TPSA) is 78.6 Å². The monoisotopic (exact) mass is 407 g/mol. The molecule has 0 spiro atoms. The summed E-state index contributed by atoms with van der Waals surface area (Å²) in [6.07, 6.45) is 2.69. The van der Waals surface area contributed by atoms with Crippen LogP contribution in [0.4, 0.5) is 0 Å². The smallest absolute Gasteiger partial charge is 0.336 e. The van der Waals surface area contributed by atoms with Crippen molar-refractivity contribution in [1.82, 2.24) is 15.2 Å². The minimum atomic E-state index is -0.985. The molecule has 0 aliphatic carbocycles. The van der Waals surface area contributed by atoms with E-state index in [1.54, 1.807) is 30.5 Å². The van der Waals surface area contributed by atoms with Gasteiger partial charge < -0.3 is 19.7 Å². The molecule has 148 valence electrons. The molecule has 1 aromatic carbocycles. The molecule has 1 saturated heterocycles. The number of rotatable bonds is 6. The predicted molar refractivity (Wildman–Crippen MR) is 114 cm³/mol. The Morgan fingerprint density at radius 2 is 2.00 bits per heavy atom. The molecule has 2 N–H and O–H groups in total. The van der Waals surface area contributed by atoms with Crippen LogP contribution in [0.15, 0.2) is 65.2 Å². The van der Waals surface area contributed by atoms with Crippen molar-refractivity contribution in [2.45, 2.75) is 25.4 Å². The zero-order valence-electron chi connectivity index (χ0n) is 15.9. The highest BCUT2D eigenvalue weighted by atomic mass is 32.1. The molecular formula is C22H21N3O3S. The van der Waals surface area contributed by atoms with Crippen molar-refractivity contribution in [3.8, 4) is 11.3 Å². The summed E-state index contributed by atoms with van der Waals surface area (Å²) in [7, 11) is 0. The van der Waals surface area contributed by atoms with Crippen LogP contribution in [-0.2, 0) is 0 Å². The second-order valence-corrected chi connectivity index (χ2v) is 7.26. The molecule has 3 aromatic rings. The van der Waals surface area contributed by atoms with E-state index in [9.17, 15) is 9.90 Å². The molecule has 1 aliphatic rings. The first-order valence-electron chi connectivity index (χ1n) is 9.50. The van der Waals surface area contributed by atoms with Gasteiger partial charge in [0.25, 0.3) is 0 Å². The number of aromatic carboxylic acids is 1. The highest BCUT2D eigenvalue weighted by Crippen LogP contribution is 2.40. The van der Waals surface area contributed by atoms with Crippen LogP contribution in [0, 0.1) is 0 Å². The van der Waals surface area contributed by atoms with Crippen molar-refractivity contribution in [2.24, 2.45) is 0 Å². The van der Waals surface area contributed by atoms with Gasteiger partial charge in [-0.3, -0.25) is 4.98 Å². The molecule has 0 unspecified atom stereocenters. The zero-order chi connectivity index (χ0) is 20.4. The minimum absolute atomic E-state index is 0.149. The molecule has 3 heterocycles. The lowest BCUT2D eigenvalue weighted by atomic mass is 10.0. The van der Waals surface area contributed by atoms with Crippen molar-refractivity contribution in [3.63, 3.8) is 0 Å². The number of hydrogen-bond acceptors (Lipinski definition) is 4. The molecule has 2 atom stereocenters. The standard InChI is InChI=1S/C22H21N3O3S/c1-2-13-25-20(19(24-22(25)29)16-9-5-6-12-23-16)18-11-10-17(28-18)14-7-3-4-8-15(14)21(26)27/h3-12,19-20H,2,13H2,1H3,(H,24,29)(H,26,27)/t19-,20+/m0/s1. The molecule has 0 saturated carbocycles. The van der Waals surface area contributed by atoms with E-state index in [-0.39, 0.29) is 17.6 Å². The molecular weight excluding hydrogens is 386 g/mol. The molecule has 0 bridgehead atoms. The highest BCUT2D eigenvalue weighted by molar-refractivity contribution is 7.80. The number of nitrogens with one attached hydrogen (secondary N) is 1. The fraction of sp³-hybridized carbons (Fsp3) is 0.227. The van der Waals surface area contributed by atoms with Gasteiger partial charge in [0.1, 0.15) is 17.6 Å². The first-order valence-corrected chi connectivity index (χ1v) is 9.91. The van der Waals surface area contributed by atoms with E-state index in [0.29, 0.717) is 16.4 Å². The van der Waals surface area contributed by atoms with Crippen LogP contribution in [-0.4, -0.2) is 32.6 Å². The molecule has 6 nitrogen and oxygen atoms in total. The normalized spacial score (nSPS) is 18.7. The number of hydrogen-bond donors (Lipinski definition) is 2. The fourth-order valence-corrected chi connectivity index (χ4v) is 4.07. The largest absolute Gasteiger partial charge is 0.478 e. The quantitative estimate of drug-likeness (QED) is 0.586. The van der Waals surface area contributed by atoms with Gasteiger partial charge in [-0.05, 0) is 49.0 Å². The van der Waals surface area contributed by atoms with Crippen molar-refractivity contribution in [1.29, 1.82) is 0 Å². The maximum Gasteiger partial charge on any atom is 0.336 e. The summed E-state index contributed by atoms with van der Waals surface area (Å²) < 4.78 is 6.19. The van der Waals surface area contributed by atoms with Crippen LogP contribution in [0.25, 0.3) is 11.3 Å². The first-order chi connectivity index (χ1) is 14.1. The van der Waals surface area contributed by atoms with Gasteiger partial charge in [0.05, 0.1) is 17.3 Å². The molecule has 29 heavy (non-hydrogen) atoms. The number of carbonyl (C=O) groups is 1. The summed E-state index contributed by atoms with van der Waals surface area (Å²) in [5, 5.41) is 13.5. The van der Waals surface area contributed by atoms with Crippen molar-refractivity contribution in [2.75, 3.05) is 6.54 Å². The number of furan rings is 1. The Morgan fingerprint density at radius 1 is 1.21 bits per heavy atom. The molecule has 1 fully saturated rings. The summed E-state index contributed by atoms with van der Waals surface area (Å²) >= 11 is 5.58. The predicted octanol–water partition coefficient (Wildman–Crippen LogP) is 4.42. The summed E-state index contributed by atoms with van der Waals surface area (Å²) in [6.45, 7) is 2.88. The molecule has 7 heteroatoms. The summed E-state index contributed by atoms with van der Waals surface area (Å²) in [5.74, 6) is 0.255. The van der Waals surface area contributed by atoms with E-state index >= 15 is 0 Å². The number of benzene rings is 1. The van der Waals surface area contributed by atoms with Crippen LogP contribution in [0.5, 0.6) is 0 Å². The van der Waals surface area contributed by atoms with E-state index in [0.717, 1.165) is 24.4 Å². The van der Waals surface area contributed by atoms with Crippen molar-refractivity contribution >= 4 is 23.3 Å². The molecule has 4 rings (SSSR count). The minimum Gasteiger partial charge on any atom is -0.478 e. The summed E-state index contributed by atoms with van der Waals surface area (Å²) in [6, 6.07) is 16.0. The van der Waals surface area contributed by atoms with Crippen molar-refractivity contribution in [3.05, 3.63) is 77.8 Å². The number of thiocarbonyl (C=S) groups is 1. The second-order valence-electron chi connectivity index (χ2n) is 6.87. The van der Waals surface area contributed by atoms with Gasteiger partial charge in [-0.2, -0.15) is 0 Å². The van der Waals surface area contributed by atoms with E-state index in [4.69, 9.17) is 16.6 Å². The number of pyridine rings is 1. The van der Waals surface area contributed by atoms with Crippen LogP contribution in [0.2, 0.25) is 0 Å². The molecule has 2 aromatic heterocycles. The lowest BCUT2D eigenvalue weighted by molar-refractivity contribution is 0.0697. The van der Waals surface area contributed by atoms with Gasteiger partial charge in [-0.1, -0.05) is 31.2 Å². The molecule has 0 radical (unpaired) electrons. The van der Waals surface area contributed by atoms with Crippen molar-refractivity contribution < 1.29 is 14.3 Å². The fourth-order valence-electron chi connectivity index (χ4n) is 3.74. The zero-order valence-corrected chi connectivity index (χ0v) is 16.7.